The molecule has 0 spiro atoms. The van der Waals surface area contributed by atoms with Crippen LogP contribution in [0.4, 0.5) is 0 Å². The highest BCUT2D eigenvalue weighted by atomic mass is 16.4. The summed E-state index contributed by atoms with van der Waals surface area (Å²) in [7, 11) is 0. The van der Waals surface area contributed by atoms with E-state index >= 15 is 0 Å². The first-order valence-corrected chi connectivity index (χ1v) is 5.32. The van der Waals surface area contributed by atoms with Crippen LogP contribution in [0, 0.1) is 12.3 Å². The third-order valence-electron chi connectivity index (χ3n) is 2.82. The summed E-state index contributed by atoms with van der Waals surface area (Å²) in [6.07, 6.45) is 11.2. The van der Waals surface area contributed by atoms with Gasteiger partial charge in [0.2, 0.25) is 0 Å². The van der Waals surface area contributed by atoms with Crippen molar-refractivity contribution >= 4 is 5.97 Å². The number of carbonyl (C=O) groups is 1. The maximum Gasteiger partial charge on any atom is 0.303 e. The first-order valence-electron chi connectivity index (χ1n) is 5.32. The Morgan fingerprint density at radius 1 is 1.31 bits per heavy atom. The highest BCUT2D eigenvalue weighted by Gasteiger charge is 2.12. The van der Waals surface area contributed by atoms with Crippen molar-refractivity contribution in [3.63, 3.8) is 0 Å². The Bertz CT molecular complexity index is 148. The fraction of sp³-hybridized carbons (Fsp3) is 0.818. The summed E-state index contributed by atoms with van der Waals surface area (Å²) in [4.78, 5) is 10.2. The van der Waals surface area contributed by atoms with Crippen LogP contribution in [-0.4, -0.2) is 11.1 Å². The first-order chi connectivity index (χ1) is 6.29. The number of carboxylic acid groups (broad SMARTS) is 1. The molecule has 2 nitrogen and oxygen atoms in total. The fourth-order valence-electron chi connectivity index (χ4n) is 2.05. The molecule has 1 aliphatic rings. The Morgan fingerprint density at radius 3 is 2.62 bits per heavy atom. The summed E-state index contributed by atoms with van der Waals surface area (Å²) in [5.41, 5.74) is 0. The van der Waals surface area contributed by atoms with E-state index in [1.54, 1.807) is 0 Å². The van der Waals surface area contributed by atoms with Gasteiger partial charge in [-0.15, -0.1) is 0 Å². The van der Waals surface area contributed by atoms with Gasteiger partial charge in [-0.3, -0.25) is 4.79 Å². The molecule has 75 valence electrons. The van der Waals surface area contributed by atoms with E-state index in [-0.39, 0.29) is 6.42 Å². The average Bonchev–Trinajstić information content (AvgIpc) is 2.14. The lowest BCUT2D eigenvalue weighted by Crippen LogP contribution is -2.06. The summed E-state index contributed by atoms with van der Waals surface area (Å²) >= 11 is 0. The number of aliphatic carboxylic acids is 1. The second-order valence-corrected chi connectivity index (χ2v) is 3.97. The van der Waals surface area contributed by atoms with E-state index in [1.807, 2.05) is 6.42 Å². The standard InChI is InChI=1S/C11H19O2/c12-11(13)9-5-4-8-10-6-2-1-3-7-10/h5,10H,1-4,6-9H2,(H,12,13). The van der Waals surface area contributed by atoms with Gasteiger partial charge in [-0.2, -0.15) is 0 Å². The number of hydrogen-bond acceptors (Lipinski definition) is 1. The van der Waals surface area contributed by atoms with Gasteiger partial charge in [0.15, 0.2) is 0 Å². The molecule has 1 rings (SSSR count). The minimum atomic E-state index is -0.705. The molecule has 1 aliphatic carbocycles. The third-order valence-corrected chi connectivity index (χ3v) is 2.82. The molecule has 0 aromatic heterocycles. The van der Waals surface area contributed by atoms with Crippen LogP contribution in [-0.2, 0) is 4.79 Å². The molecule has 1 fully saturated rings. The SMILES string of the molecule is O=C(O)C[CH]CCC1CCCCC1. The Balaban J connectivity index is 1.95. The second-order valence-electron chi connectivity index (χ2n) is 3.97. The quantitative estimate of drug-likeness (QED) is 0.665. The average molecular weight is 183 g/mol. The maximum absolute atomic E-state index is 10.2. The molecule has 0 aromatic rings. The van der Waals surface area contributed by atoms with Gasteiger partial charge in [0, 0.05) is 6.42 Å². The number of hydrogen-bond donors (Lipinski definition) is 1. The van der Waals surface area contributed by atoms with Gasteiger partial charge >= 0.3 is 5.97 Å². The molecule has 0 saturated heterocycles. The fourth-order valence-corrected chi connectivity index (χ4v) is 2.05. The number of carboxylic acids is 1. The molecule has 1 N–H and O–H groups in total. The van der Waals surface area contributed by atoms with Gasteiger partial charge in [-0.05, 0) is 18.8 Å². The zero-order valence-corrected chi connectivity index (χ0v) is 8.17. The monoisotopic (exact) mass is 183 g/mol. The van der Waals surface area contributed by atoms with Crippen molar-refractivity contribution in [2.75, 3.05) is 0 Å². The lowest BCUT2D eigenvalue weighted by molar-refractivity contribution is -0.136. The van der Waals surface area contributed by atoms with Crippen molar-refractivity contribution in [3.8, 4) is 0 Å². The zero-order chi connectivity index (χ0) is 9.52. The summed E-state index contributed by atoms with van der Waals surface area (Å²) in [5.74, 6) is 0.169. The van der Waals surface area contributed by atoms with Crippen LogP contribution in [0.2, 0.25) is 0 Å². The Kier molecular flexibility index (Phi) is 4.87. The van der Waals surface area contributed by atoms with Crippen LogP contribution >= 0.6 is 0 Å². The van der Waals surface area contributed by atoms with Gasteiger partial charge in [0.1, 0.15) is 0 Å². The van der Waals surface area contributed by atoms with Crippen LogP contribution < -0.4 is 0 Å². The van der Waals surface area contributed by atoms with Crippen LogP contribution in [0.3, 0.4) is 0 Å². The third kappa shape index (κ3) is 4.91. The van der Waals surface area contributed by atoms with Crippen molar-refractivity contribution < 1.29 is 9.90 Å². The van der Waals surface area contributed by atoms with Crippen LogP contribution in [0.1, 0.15) is 51.4 Å². The highest BCUT2D eigenvalue weighted by Crippen LogP contribution is 2.27. The summed E-state index contributed by atoms with van der Waals surface area (Å²) < 4.78 is 0. The lowest BCUT2D eigenvalue weighted by atomic mass is 9.86. The minimum absolute atomic E-state index is 0.229. The Morgan fingerprint density at radius 2 is 2.00 bits per heavy atom. The number of unbranched alkanes of at least 4 members (excludes halogenated alkanes) is 1. The van der Waals surface area contributed by atoms with Gasteiger partial charge in [-0.25, -0.2) is 0 Å². The smallest absolute Gasteiger partial charge is 0.303 e. The highest BCUT2D eigenvalue weighted by molar-refractivity contribution is 5.67. The topological polar surface area (TPSA) is 37.3 Å². The molecule has 1 saturated carbocycles. The predicted molar refractivity (Wildman–Crippen MR) is 52.4 cm³/mol. The van der Waals surface area contributed by atoms with Crippen molar-refractivity contribution in [2.24, 2.45) is 5.92 Å². The Hall–Kier alpha value is -0.530. The van der Waals surface area contributed by atoms with E-state index in [0.29, 0.717) is 0 Å². The molecule has 2 heteroatoms. The van der Waals surface area contributed by atoms with Gasteiger partial charge < -0.3 is 5.11 Å². The van der Waals surface area contributed by atoms with Crippen molar-refractivity contribution in [2.45, 2.75) is 51.4 Å². The van der Waals surface area contributed by atoms with E-state index in [0.717, 1.165) is 12.3 Å². The molecule has 1 radical (unpaired) electrons. The molecule has 0 bridgehead atoms. The van der Waals surface area contributed by atoms with Gasteiger partial charge in [-0.1, -0.05) is 38.5 Å². The molecular weight excluding hydrogens is 164 g/mol. The predicted octanol–water partition coefficient (Wildman–Crippen LogP) is 3.03. The Labute approximate surface area is 80.3 Å². The minimum Gasteiger partial charge on any atom is -0.481 e. The van der Waals surface area contributed by atoms with Crippen LogP contribution in [0.25, 0.3) is 0 Å². The van der Waals surface area contributed by atoms with Crippen molar-refractivity contribution in [1.29, 1.82) is 0 Å². The molecule has 0 amide bonds. The van der Waals surface area contributed by atoms with Gasteiger partial charge in [0.05, 0.1) is 0 Å². The molecule has 0 aromatic carbocycles. The summed E-state index contributed by atoms with van der Waals surface area (Å²) in [6, 6.07) is 0. The van der Waals surface area contributed by atoms with Gasteiger partial charge in [0.25, 0.3) is 0 Å². The van der Waals surface area contributed by atoms with E-state index in [2.05, 4.69) is 0 Å². The normalized spacial score (nSPS) is 18.8. The van der Waals surface area contributed by atoms with Crippen molar-refractivity contribution in [1.82, 2.24) is 0 Å². The zero-order valence-electron chi connectivity index (χ0n) is 8.17. The van der Waals surface area contributed by atoms with E-state index in [1.165, 1.54) is 38.5 Å². The lowest BCUT2D eigenvalue weighted by Gasteiger charge is -2.20. The van der Waals surface area contributed by atoms with E-state index in [9.17, 15) is 4.79 Å². The molecular formula is C11H19O2. The molecule has 0 heterocycles. The molecule has 0 atom stereocenters. The van der Waals surface area contributed by atoms with E-state index < -0.39 is 5.97 Å². The number of rotatable bonds is 5. The summed E-state index contributed by atoms with van der Waals surface area (Å²) in [6.45, 7) is 0. The largest absolute Gasteiger partial charge is 0.481 e. The van der Waals surface area contributed by atoms with Crippen molar-refractivity contribution in [3.05, 3.63) is 6.42 Å². The second kappa shape index (κ2) is 6.01. The molecule has 13 heavy (non-hydrogen) atoms. The molecule has 0 aliphatic heterocycles. The van der Waals surface area contributed by atoms with Crippen LogP contribution in [0.5, 0.6) is 0 Å². The maximum atomic E-state index is 10.2. The first kappa shape index (κ1) is 10.6. The van der Waals surface area contributed by atoms with E-state index in [4.69, 9.17) is 5.11 Å². The molecule has 0 unspecified atom stereocenters. The van der Waals surface area contributed by atoms with Crippen LogP contribution in [0.15, 0.2) is 0 Å². The summed E-state index contributed by atoms with van der Waals surface area (Å²) in [5, 5.41) is 8.42.